The van der Waals surface area contributed by atoms with Gasteiger partial charge in [-0.05, 0) is 19.4 Å². The number of aryl methyl sites for hydroxylation is 1. The molecular formula is C14H14FNO3. The summed E-state index contributed by atoms with van der Waals surface area (Å²) in [5, 5.41) is 10.1. The number of β-amino-alcohol motifs (C(OH)–C–C–N with tert-alkyl or cyclic N) is 1. The maximum atomic E-state index is 13.6. The number of furan rings is 1. The van der Waals surface area contributed by atoms with Crippen molar-refractivity contribution in [1.82, 2.24) is 4.90 Å². The van der Waals surface area contributed by atoms with Crippen molar-refractivity contribution < 1.29 is 18.7 Å². The third-order valence-electron chi connectivity index (χ3n) is 3.56. The van der Waals surface area contributed by atoms with Gasteiger partial charge < -0.3 is 14.4 Å². The van der Waals surface area contributed by atoms with Crippen molar-refractivity contribution >= 4 is 16.9 Å². The molecule has 19 heavy (non-hydrogen) atoms. The highest BCUT2D eigenvalue weighted by Gasteiger charge is 2.29. The largest absolute Gasteiger partial charge is 0.448 e. The topological polar surface area (TPSA) is 53.7 Å². The highest BCUT2D eigenvalue weighted by molar-refractivity contribution is 5.99. The second-order valence-corrected chi connectivity index (χ2v) is 4.87. The molecule has 1 fully saturated rings. The smallest absolute Gasteiger partial charge is 0.289 e. The molecule has 2 heterocycles. The standard InChI is InChI=1S/C14H14FNO3/c1-8-10-3-2-4-11(15)13(10)19-12(8)14(18)16-6-5-9(17)7-16/h2-4,9,17H,5-7H2,1H3/t9-/m1/s1. The number of nitrogens with zero attached hydrogens (tertiary/aromatic N) is 1. The zero-order valence-electron chi connectivity index (χ0n) is 10.5. The Morgan fingerprint density at radius 2 is 2.32 bits per heavy atom. The Labute approximate surface area is 109 Å². The second-order valence-electron chi connectivity index (χ2n) is 4.87. The van der Waals surface area contributed by atoms with E-state index >= 15 is 0 Å². The highest BCUT2D eigenvalue weighted by Crippen LogP contribution is 2.28. The average Bonchev–Trinajstić information content (AvgIpc) is 2.95. The molecule has 1 amide bonds. The van der Waals surface area contributed by atoms with Crippen LogP contribution in [0, 0.1) is 12.7 Å². The van der Waals surface area contributed by atoms with Crippen LogP contribution in [0.3, 0.4) is 0 Å². The van der Waals surface area contributed by atoms with E-state index in [-0.39, 0.29) is 17.3 Å². The average molecular weight is 263 g/mol. The van der Waals surface area contributed by atoms with Crippen LogP contribution in [0.15, 0.2) is 22.6 Å². The van der Waals surface area contributed by atoms with Crippen molar-refractivity contribution in [2.45, 2.75) is 19.4 Å². The van der Waals surface area contributed by atoms with Crippen molar-refractivity contribution in [2.75, 3.05) is 13.1 Å². The predicted octanol–water partition coefficient (Wildman–Crippen LogP) is 2.09. The van der Waals surface area contributed by atoms with E-state index in [4.69, 9.17) is 4.42 Å². The van der Waals surface area contributed by atoms with Gasteiger partial charge in [-0.1, -0.05) is 12.1 Å². The van der Waals surface area contributed by atoms with E-state index in [9.17, 15) is 14.3 Å². The summed E-state index contributed by atoms with van der Waals surface area (Å²) in [5.74, 6) is -0.597. The molecule has 3 rings (SSSR count). The summed E-state index contributed by atoms with van der Waals surface area (Å²) in [4.78, 5) is 13.8. The quantitative estimate of drug-likeness (QED) is 0.857. The normalized spacial score (nSPS) is 19.3. The van der Waals surface area contributed by atoms with Gasteiger partial charge in [0.25, 0.3) is 5.91 Å². The molecule has 0 bridgehead atoms. The molecule has 1 aromatic heterocycles. The Morgan fingerprint density at radius 3 is 2.95 bits per heavy atom. The molecular weight excluding hydrogens is 249 g/mol. The van der Waals surface area contributed by atoms with E-state index in [0.29, 0.717) is 30.5 Å². The first kappa shape index (κ1) is 12.2. The molecule has 4 nitrogen and oxygen atoms in total. The lowest BCUT2D eigenvalue weighted by atomic mass is 10.1. The van der Waals surface area contributed by atoms with Crippen LogP contribution in [-0.2, 0) is 0 Å². The number of hydrogen-bond acceptors (Lipinski definition) is 3. The number of rotatable bonds is 1. The summed E-state index contributed by atoms with van der Waals surface area (Å²) in [7, 11) is 0. The molecule has 2 aromatic rings. The van der Waals surface area contributed by atoms with Crippen LogP contribution in [-0.4, -0.2) is 35.1 Å². The summed E-state index contributed by atoms with van der Waals surface area (Å²) in [6.45, 7) is 2.54. The minimum atomic E-state index is -0.481. The maximum absolute atomic E-state index is 13.6. The summed E-state index contributed by atoms with van der Waals surface area (Å²) in [6.07, 6.45) is 0.0877. The Morgan fingerprint density at radius 1 is 1.53 bits per heavy atom. The minimum Gasteiger partial charge on any atom is -0.448 e. The van der Waals surface area contributed by atoms with Gasteiger partial charge in [0.05, 0.1) is 6.10 Å². The Kier molecular flexibility index (Phi) is 2.78. The van der Waals surface area contributed by atoms with Gasteiger partial charge in [-0.15, -0.1) is 0 Å². The monoisotopic (exact) mass is 263 g/mol. The van der Waals surface area contributed by atoms with Crippen LogP contribution < -0.4 is 0 Å². The summed E-state index contributed by atoms with van der Waals surface area (Å²) >= 11 is 0. The van der Waals surface area contributed by atoms with Crippen molar-refractivity contribution in [3.63, 3.8) is 0 Å². The van der Waals surface area contributed by atoms with Crippen molar-refractivity contribution in [2.24, 2.45) is 0 Å². The molecule has 0 radical (unpaired) electrons. The first-order chi connectivity index (χ1) is 9.08. The molecule has 0 aliphatic carbocycles. The van der Waals surface area contributed by atoms with Crippen LogP contribution in [0.1, 0.15) is 22.5 Å². The molecule has 1 aliphatic rings. The van der Waals surface area contributed by atoms with Gasteiger partial charge >= 0.3 is 0 Å². The van der Waals surface area contributed by atoms with Gasteiger partial charge in [0.15, 0.2) is 17.2 Å². The van der Waals surface area contributed by atoms with Crippen LogP contribution in [0.25, 0.3) is 11.0 Å². The maximum Gasteiger partial charge on any atom is 0.289 e. The SMILES string of the molecule is Cc1c(C(=O)N2CC[C@@H](O)C2)oc2c(F)cccc12. The second kappa shape index (κ2) is 4.35. The van der Waals surface area contributed by atoms with E-state index < -0.39 is 11.9 Å². The third kappa shape index (κ3) is 1.90. The Balaban J connectivity index is 2.03. The lowest BCUT2D eigenvalue weighted by Gasteiger charge is -2.13. The third-order valence-corrected chi connectivity index (χ3v) is 3.56. The van der Waals surface area contributed by atoms with Crippen LogP contribution >= 0.6 is 0 Å². The number of para-hydroxylation sites is 1. The molecule has 1 aromatic carbocycles. The van der Waals surface area contributed by atoms with Gasteiger partial charge in [-0.25, -0.2) is 4.39 Å². The Bertz CT molecular complexity index is 649. The van der Waals surface area contributed by atoms with E-state index in [0.717, 1.165) is 0 Å². The van der Waals surface area contributed by atoms with Gasteiger partial charge in [0, 0.05) is 24.0 Å². The lowest BCUT2D eigenvalue weighted by molar-refractivity contribution is 0.0735. The number of carbonyl (C=O) groups is 1. The summed E-state index contributed by atoms with van der Waals surface area (Å²) in [6, 6.07) is 4.63. The molecule has 0 unspecified atom stereocenters. The van der Waals surface area contributed by atoms with E-state index in [2.05, 4.69) is 0 Å². The lowest BCUT2D eigenvalue weighted by Crippen LogP contribution is -2.29. The number of amides is 1. The summed E-state index contributed by atoms with van der Waals surface area (Å²) < 4.78 is 19.0. The van der Waals surface area contributed by atoms with Crippen LogP contribution in [0.5, 0.6) is 0 Å². The molecule has 0 spiro atoms. The van der Waals surface area contributed by atoms with Crippen molar-refractivity contribution in [3.8, 4) is 0 Å². The molecule has 0 saturated carbocycles. The number of likely N-dealkylation sites (tertiary alicyclic amines) is 1. The molecule has 1 atom stereocenters. The Hall–Kier alpha value is -1.88. The zero-order chi connectivity index (χ0) is 13.6. The number of aliphatic hydroxyl groups excluding tert-OH is 1. The zero-order valence-corrected chi connectivity index (χ0v) is 10.5. The van der Waals surface area contributed by atoms with E-state index in [1.807, 2.05) is 0 Å². The molecule has 1 aliphatic heterocycles. The van der Waals surface area contributed by atoms with Gasteiger partial charge in [-0.3, -0.25) is 4.79 Å². The first-order valence-electron chi connectivity index (χ1n) is 6.23. The fourth-order valence-corrected chi connectivity index (χ4v) is 2.48. The molecule has 5 heteroatoms. The van der Waals surface area contributed by atoms with Gasteiger partial charge in [0.1, 0.15) is 0 Å². The van der Waals surface area contributed by atoms with Crippen LogP contribution in [0.4, 0.5) is 4.39 Å². The van der Waals surface area contributed by atoms with E-state index in [1.54, 1.807) is 19.1 Å². The number of benzene rings is 1. The molecule has 1 saturated heterocycles. The fraction of sp³-hybridized carbons (Fsp3) is 0.357. The number of carbonyl (C=O) groups excluding carboxylic acids is 1. The summed E-state index contributed by atoms with van der Waals surface area (Å²) in [5.41, 5.74) is 0.754. The number of aliphatic hydroxyl groups is 1. The van der Waals surface area contributed by atoms with Crippen LogP contribution in [0.2, 0.25) is 0 Å². The van der Waals surface area contributed by atoms with Gasteiger partial charge in [0.2, 0.25) is 0 Å². The number of fused-ring (bicyclic) bond motifs is 1. The van der Waals surface area contributed by atoms with Crippen molar-refractivity contribution in [3.05, 3.63) is 35.3 Å². The number of halogens is 1. The molecule has 1 N–H and O–H groups in total. The predicted molar refractivity (Wildman–Crippen MR) is 67.4 cm³/mol. The van der Waals surface area contributed by atoms with Crippen molar-refractivity contribution in [1.29, 1.82) is 0 Å². The molecule has 100 valence electrons. The fourth-order valence-electron chi connectivity index (χ4n) is 2.48. The van der Waals surface area contributed by atoms with E-state index in [1.165, 1.54) is 11.0 Å². The number of hydrogen-bond donors (Lipinski definition) is 1. The highest BCUT2D eigenvalue weighted by atomic mass is 19.1. The van der Waals surface area contributed by atoms with Gasteiger partial charge in [-0.2, -0.15) is 0 Å². The minimum absolute atomic E-state index is 0.114. The first-order valence-corrected chi connectivity index (χ1v) is 6.23.